The normalized spacial score (nSPS) is 17.8. The lowest BCUT2D eigenvalue weighted by Crippen LogP contribution is -2.43. The molecule has 0 radical (unpaired) electrons. The summed E-state index contributed by atoms with van der Waals surface area (Å²) in [6, 6.07) is 2.95. The molecule has 2 heterocycles. The summed E-state index contributed by atoms with van der Waals surface area (Å²) in [6.07, 6.45) is -0.738. The van der Waals surface area contributed by atoms with E-state index in [0.29, 0.717) is 18.0 Å². The number of benzene rings is 1. The molecule has 1 amide bonds. The largest absolute Gasteiger partial charge is 0.491 e. The van der Waals surface area contributed by atoms with Crippen LogP contribution in [0.4, 0.5) is 13.2 Å². The molecule has 0 spiro atoms. The number of alkyl halides is 3. The molecule has 0 aliphatic carbocycles. The molecule has 1 aliphatic rings. The molecule has 0 bridgehead atoms. The van der Waals surface area contributed by atoms with Gasteiger partial charge < -0.3 is 18.9 Å². The van der Waals surface area contributed by atoms with Crippen LogP contribution >= 0.6 is 11.3 Å². The number of carbonyl (C=O) groups excluding carboxylic acids is 1. The summed E-state index contributed by atoms with van der Waals surface area (Å²) in [5.74, 6) is -0.702. The zero-order valence-corrected chi connectivity index (χ0v) is 22.8. The van der Waals surface area contributed by atoms with Gasteiger partial charge in [-0.05, 0) is 64.4 Å². The number of hydrogen-bond acceptors (Lipinski definition) is 5. The molecule has 2 aromatic rings. The summed E-state index contributed by atoms with van der Waals surface area (Å²) in [5, 5.41) is 0. The Morgan fingerprint density at radius 2 is 1.92 bits per heavy atom. The van der Waals surface area contributed by atoms with Gasteiger partial charge in [-0.3, -0.25) is 4.79 Å². The molecule has 1 aliphatic heterocycles. The molecule has 36 heavy (non-hydrogen) atoms. The number of aromatic nitrogens is 1. The molecule has 1 fully saturated rings. The van der Waals surface area contributed by atoms with E-state index >= 15 is 0 Å². The van der Waals surface area contributed by atoms with Gasteiger partial charge in [-0.1, -0.05) is 20.8 Å². The molecule has 0 saturated carbocycles. The van der Waals surface area contributed by atoms with E-state index in [1.165, 1.54) is 17.4 Å². The van der Waals surface area contributed by atoms with Gasteiger partial charge in [0.2, 0.25) is 0 Å². The van der Waals surface area contributed by atoms with Crippen LogP contribution < -0.4 is 9.54 Å². The summed E-state index contributed by atoms with van der Waals surface area (Å²) in [4.78, 5) is 21.0. The van der Waals surface area contributed by atoms with Gasteiger partial charge in [-0.2, -0.15) is 18.2 Å². The van der Waals surface area contributed by atoms with Crippen LogP contribution in [0.3, 0.4) is 0 Å². The predicted molar refractivity (Wildman–Crippen MR) is 135 cm³/mol. The van der Waals surface area contributed by atoms with Crippen LogP contribution in [0.25, 0.3) is 0 Å². The number of amides is 1. The number of nitrogens with zero attached hydrogens (tertiary/aromatic N) is 3. The van der Waals surface area contributed by atoms with Crippen molar-refractivity contribution in [3.63, 3.8) is 0 Å². The first-order valence-corrected chi connectivity index (χ1v) is 12.8. The Balaban J connectivity index is 2.04. The number of hydrogen-bond donors (Lipinski definition) is 0. The third-order valence-electron chi connectivity index (χ3n) is 6.41. The average Bonchev–Trinajstić information content (AvgIpc) is 3.42. The second-order valence-electron chi connectivity index (χ2n) is 11.0. The van der Waals surface area contributed by atoms with Crippen molar-refractivity contribution in [2.45, 2.75) is 77.2 Å². The molecular weight excluding hydrogens is 491 g/mol. The topological polar surface area (TPSA) is 56.1 Å². The smallest absolute Gasteiger partial charge is 0.416 e. The highest BCUT2D eigenvalue weighted by molar-refractivity contribution is 7.09. The summed E-state index contributed by atoms with van der Waals surface area (Å²) >= 11 is 1.36. The zero-order chi connectivity index (χ0) is 26.9. The van der Waals surface area contributed by atoms with Gasteiger partial charge in [-0.15, -0.1) is 11.3 Å². The van der Waals surface area contributed by atoms with Gasteiger partial charge in [0.25, 0.3) is 5.91 Å². The molecule has 0 N–H and O–H groups in total. The van der Waals surface area contributed by atoms with E-state index < -0.39 is 23.2 Å². The van der Waals surface area contributed by atoms with Crippen molar-refractivity contribution in [2.24, 2.45) is 4.99 Å². The van der Waals surface area contributed by atoms with E-state index in [1.54, 1.807) is 0 Å². The van der Waals surface area contributed by atoms with Crippen molar-refractivity contribution in [1.82, 2.24) is 9.47 Å². The second kappa shape index (κ2) is 10.7. The molecule has 200 valence electrons. The second-order valence-corrected chi connectivity index (χ2v) is 12.0. The van der Waals surface area contributed by atoms with Gasteiger partial charge in [0.1, 0.15) is 12.4 Å². The van der Waals surface area contributed by atoms with Crippen LogP contribution in [0.15, 0.2) is 29.4 Å². The minimum Gasteiger partial charge on any atom is -0.491 e. The maximum absolute atomic E-state index is 13.5. The molecule has 10 heteroatoms. The van der Waals surface area contributed by atoms with Gasteiger partial charge in [0.15, 0.2) is 4.80 Å². The summed E-state index contributed by atoms with van der Waals surface area (Å²) in [7, 11) is 3.77. The number of carbonyl (C=O) groups is 1. The Bertz CT molecular complexity index is 1140. The molecule has 1 atom stereocenters. The van der Waals surface area contributed by atoms with E-state index in [-0.39, 0.29) is 29.4 Å². The standard InChI is InChI=1S/C26H36F3N3O3S/c1-24(2,3)21-15-32(14-18-9-8-12-34-18)23(36-21)30-22(33)19-13-17(26(27,28)29)10-11-20(19)35-16-25(4,5)31(6)7/h10-11,13,15,18H,8-9,12,14,16H2,1-7H3/t18-/m1/s1. The molecule has 1 saturated heterocycles. The van der Waals surface area contributed by atoms with E-state index in [4.69, 9.17) is 9.47 Å². The van der Waals surface area contributed by atoms with Crippen LogP contribution in [0.2, 0.25) is 0 Å². The van der Waals surface area contributed by atoms with Crippen LogP contribution in [0.5, 0.6) is 5.75 Å². The van der Waals surface area contributed by atoms with Gasteiger partial charge in [0, 0.05) is 23.2 Å². The van der Waals surface area contributed by atoms with E-state index in [9.17, 15) is 18.0 Å². The Hall–Kier alpha value is -2.17. The highest BCUT2D eigenvalue weighted by Gasteiger charge is 2.33. The van der Waals surface area contributed by atoms with Crippen LogP contribution in [-0.4, -0.2) is 54.3 Å². The number of likely N-dealkylation sites (N-methyl/N-ethyl adjacent to an activating group) is 1. The maximum atomic E-state index is 13.5. The van der Waals surface area contributed by atoms with E-state index in [1.807, 2.05) is 43.6 Å². The minimum atomic E-state index is -4.60. The number of rotatable bonds is 7. The quantitative estimate of drug-likeness (QED) is 0.477. The van der Waals surface area contributed by atoms with Gasteiger partial charge >= 0.3 is 6.18 Å². The summed E-state index contributed by atoms with van der Waals surface area (Å²) < 4.78 is 54.0. The van der Waals surface area contributed by atoms with Crippen LogP contribution in [0.1, 0.15) is 68.3 Å². The third kappa shape index (κ3) is 6.98. The highest BCUT2D eigenvalue weighted by atomic mass is 32.1. The lowest BCUT2D eigenvalue weighted by Gasteiger charge is -2.32. The summed E-state index contributed by atoms with van der Waals surface area (Å²) in [6.45, 7) is 11.5. The molecular formula is C26H36F3N3O3S. The molecule has 0 unspecified atom stereocenters. The predicted octanol–water partition coefficient (Wildman–Crippen LogP) is 5.51. The number of ether oxygens (including phenoxy) is 2. The fourth-order valence-electron chi connectivity index (χ4n) is 3.48. The Kier molecular flexibility index (Phi) is 8.42. The van der Waals surface area contributed by atoms with Crippen molar-refractivity contribution in [1.29, 1.82) is 0 Å². The van der Waals surface area contributed by atoms with Crippen molar-refractivity contribution in [2.75, 3.05) is 27.3 Å². The fraction of sp³-hybridized carbons (Fsp3) is 0.615. The van der Waals surface area contributed by atoms with Gasteiger partial charge in [-0.25, -0.2) is 0 Å². The first kappa shape index (κ1) is 28.4. The summed E-state index contributed by atoms with van der Waals surface area (Å²) in [5.41, 5.74) is -1.72. The Labute approximate surface area is 214 Å². The third-order valence-corrected chi connectivity index (χ3v) is 7.86. The average molecular weight is 528 g/mol. The van der Waals surface area contributed by atoms with Crippen LogP contribution in [0, 0.1) is 0 Å². The highest BCUT2D eigenvalue weighted by Crippen LogP contribution is 2.33. The van der Waals surface area contributed by atoms with Crippen molar-refractivity contribution >= 4 is 17.2 Å². The molecule has 1 aromatic heterocycles. The monoisotopic (exact) mass is 527 g/mol. The van der Waals surface area contributed by atoms with E-state index in [0.717, 1.165) is 29.9 Å². The number of halogens is 3. The zero-order valence-electron chi connectivity index (χ0n) is 22.0. The Morgan fingerprint density at radius 1 is 1.22 bits per heavy atom. The van der Waals surface area contributed by atoms with Crippen molar-refractivity contribution < 1.29 is 27.4 Å². The fourth-order valence-corrected chi connectivity index (χ4v) is 4.54. The molecule has 3 rings (SSSR count). The van der Waals surface area contributed by atoms with Crippen molar-refractivity contribution in [3.8, 4) is 5.75 Å². The molecule has 6 nitrogen and oxygen atoms in total. The Morgan fingerprint density at radius 3 is 2.47 bits per heavy atom. The maximum Gasteiger partial charge on any atom is 0.416 e. The first-order valence-electron chi connectivity index (χ1n) is 12.0. The van der Waals surface area contributed by atoms with Gasteiger partial charge in [0.05, 0.1) is 23.8 Å². The lowest BCUT2D eigenvalue weighted by molar-refractivity contribution is -0.137. The molecule has 1 aromatic carbocycles. The van der Waals surface area contributed by atoms with Crippen molar-refractivity contribution in [3.05, 3.63) is 45.2 Å². The SMILES string of the molecule is CN(C)C(C)(C)COc1ccc(C(F)(F)F)cc1C(=O)N=c1sc(C(C)(C)C)cn1C[C@H]1CCCO1. The first-order chi connectivity index (χ1) is 16.6. The van der Waals surface area contributed by atoms with E-state index in [2.05, 4.69) is 25.8 Å². The van der Waals surface area contributed by atoms with Crippen LogP contribution in [-0.2, 0) is 22.9 Å². The number of thiazole rings is 1. The minimum absolute atomic E-state index is 0.0159. The lowest BCUT2D eigenvalue weighted by atomic mass is 9.95.